The molecule has 17 heavy (non-hydrogen) atoms. The molecule has 3 unspecified atom stereocenters. The van der Waals surface area contributed by atoms with Crippen LogP contribution in [0.25, 0.3) is 0 Å². The molecule has 3 atom stereocenters. The van der Waals surface area contributed by atoms with Crippen LogP contribution in [0.15, 0.2) is 0 Å². The molecule has 0 aromatic rings. The van der Waals surface area contributed by atoms with Crippen LogP contribution in [-0.4, -0.2) is 18.9 Å². The van der Waals surface area contributed by atoms with E-state index in [0.717, 1.165) is 32.1 Å². The predicted molar refractivity (Wildman–Crippen MR) is 57.1 cm³/mol. The van der Waals surface area contributed by atoms with E-state index in [1.165, 1.54) is 6.07 Å². The lowest BCUT2D eigenvalue weighted by Gasteiger charge is -2.29. The second-order valence-electron chi connectivity index (χ2n) is 4.62. The van der Waals surface area contributed by atoms with Gasteiger partial charge >= 0.3 is 6.18 Å². The molecular weight excluding hydrogens is 231 g/mol. The summed E-state index contributed by atoms with van der Waals surface area (Å²) in [6.07, 6.45) is 0.240. The van der Waals surface area contributed by atoms with E-state index in [0.29, 0.717) is 5.92 Å². The first-order valence-electron chi connectivity index (χ1n) is 6.05. The maximum absolute atomic E-state index is 12.3. The summed E-state index contributed by atoms with van der Waals surface area (Å²) in [5, 5.41) is 8.44. The lowest BCUT2D eigenvalue weighted by molar-refractivity contribution is -0.177. The summed E-state index contributed by atoms with van der Waals surface area (Å²) in [5.74, 6) is -1.44. The molecule has 0 amide bonds. The molecule has 0 radical (unpaired) electrons. The first-order chi connectivity index (χ1) is 7.97. The molecule has 1 saturated carbocycles. The standard InChI is InChI=1S/C12H18F3NO/c1-2-9-4-3-5-11(6-9)17-8-10(7-16)12(13,14)15/h9-11H,2-6,8H2,1H3. The minimum Gasteiger partial charge on any atom is -0.376 e. The summed E-state index contributed by atoms with van der Waals surface area (Å²) >= 11 is 0. The average Bonchev–Trinajstić information content (AvgIpc) is 2.28. The lowest BCUT2D eigenvalue weighted by Crippen LogP contribution is -2.30. The largest absolute Gasteiger partial charge is 0.406 e. The molecule has 0 aliphatic heterocycles. The fraction of sp³-hybridized carbons (Fsp3) is 0.917. The molecule has 0 saturated heterocycles. The molecule has 0 N–H and O–H groups in total. The second kappa shape index (κ2) is 6.25. The molecule has 5 heteroatoms. The number of nitriles is 1. The Morgan fingerprint density at radius 2 is 2.12 bits per heavy atom. The molecule has 0 bridgehead atoms. The van der Waals surface area contributed by atoms with Gasteiger partial charge in [-0.15, -0.1) is 0 Å². The van der Waals surface area contributed by atoms with E-state index in [1.54, 1.807) is 0 Å². The molecule has 98 valence electrons. The monoisotopic (exact) mass is 249 g/mol. The van der Waals surface area contributed by atoms with Crippen molar-refractivity contribution in [3.05, 3.63) is 0 Å². The normalized spacial score (nSPS) is 27.5. The van der Waals surface area contributed by atoms with Crippen molar-refractivity contribution < 1.29 is 17.9 Å². The van der Waals surface area contributed by atoms with Gasteiger partial charge in [0.25, 0.3) is 0 Å². The van der Waals surface area contributed by atoms with E-state index >= 15 is 0 Å². The Morgan fingerprint density at radius 3 is 2.65 bits per heavy atom. The highest BCUT2D eigenvalue weighted by atomic mass is 19.4. The second-order valence-corrected chi connectivity index (χ2v) is 4.62. The van der Waals surface area contributed by atoms with Crippen LogP contribution in [0.1, 0.15) is 39.0 Å². The zero-order valence-electron chi connectivity index (χ0n) is 9.96. The van der Waals surface area contributed by atoms with Gasteiger partial charge in [0, 0.05) is 0 Å². The van der Waals surface area contributed by atoms with Crippen molar-refractivity contribution in [3.63, 3.8) is 0 Å². The zero-order valence-corrected chi connectivity index (χ0v) is 9.96. The SMILES string of the molecule is CCC1CCCC(OCC(C#N)C(F)(F)F)C1. The molecule has 1 aliphatic carbocycles. The molecule has 0 spiro atoms. The Bertz CT molecular complexity index is 272. The van der Waals surface area contributed by atoms with Crippen molar-refractivity contribution in [1.82, 2.24) is 0 Å². The third-order valence-electron chi connectivity index (χ3n) is 3.36. The summed E-state index contributed by atoms with van der Waals surface area (Å²) in [5.41, 5.74) is 0. The van der Waals surface area contributed by atoms with Crippen LogP contribution in [0.5, 0.6) is 0 Å². The van der Waals surface area contributed by atoms with Gasteiger partial charge in [-0.05, 0) is 18.8 Å². The van der Waals surface area contributed by atoms with Crippen LogP contribution in [0.3, 0.4) is 0 Å². The molecule has 0 heterocycles. The number of alkyl halides is 3. The number of ether oxygens (including phenoxy) is 1. The summed E-state index contributed by atoms with van der Waals surface area (Å²) in [6, 6.07) is 1.26. The van der Waals surface area contributed by atoms with Crippen LogP contribution in [0.4, 0.5) is 13.2 Å². The zero-order chi connectivity index (χ0) is 12.9. The highest BCUT2D eigenvalue weighted by molar-refractivity contribution is 4.88. The van der Waals surface area contributed by atoms with Crippen LogP contribution in [-0.2, 0) is 4.74 Å². The van der Waals surface area contributed by atoms with Gasteiger partial charge in [0.05, 0.1) is 18.8 Å². The number of hydrogen-bond donors (Lipinski definition) is 0. The van der Waals surface area contributed by atoms with Crippen molar-refractivity contribution in [2.75, 3.05) is 6.61 Å². The maximum atomic E-state index is 12.3. The van der Waals surface area contributed by atoms with Crippen LogP contribution in [0, 0.1) is 23.2 Å². The summed E-state index contributed by atoms with van der Waals surface area (Å²) < 4.78 is 42.2. The van der Waals surface area contributed by atoms with Crippen LogP contribution in [0.2, 0.25) is 0 Å². The molecular formula is C12H18F3NO. The maximum Gasteiger partial charge on any atom is 0.406 e. The fourth-order valence-corrected chi connectivity index (χ4v) is 2.20. The molecule has 2 nitrogen and oxygen atoms in total. The quantitative estimate of drug-likeness (QED) is 0.761. The summed E-state index contributed by atoms with van der Waals surface area (Å²) in [4.78, 5) is 0. The van der Waals surface area contributed by atoms with Crippen molar-refractivity contribution in [2.45, 2.75) is 51.3 Å². The third kappa shape index (κ3) is 4.55. The van der Waals surface area contributed by atoms with Crippen molar-refractivity contribution >= 4 is 0 Å². The Hall–Kier alpha value is -0.760. The molecule has 1 aliphatic rings. The van der Waals surface area contributed by atoms with E-state index in [2.05, 4.69) is 6.92 Å². The van der Waals surface area contributed by atoms with Crippen LogP contribution >= 0.6 is 0 Å². The lowest BCUT2D eigenvalue weighted by atomic mass is 9.85. The molecule has 0 aromatic heterocycles. The minimum atomic E-state index is -4.48. The Labute approximate surface area is 99.8 Å². The topological polar surface area (TPSA) is 33.0 Å². The summed E-state index contributed by atoms with van der Waals surface area (Å²) in [7, 11) is 0. The molecule has 1 fully saturated rings. The van der Waals surface area contributed by atoms with Crippen LogP contribution < -0.4 is 0 Å². The first-order valence-corrected chi connectivity index (χ1v) is 6.05. The summed E-state index contributed by atoms with van der Waals surface area (Å²) in [6.45, 7) is 1.56. The number of hydrogen-bond acceptors (Lipinski definition) is 2. The van der Waals surface area contributed by atoms with Crippen molar-refractivity contribution in [2.24, 2.45) is 11.8 Å². The first kappa shape index (κ1) is 14.3. The number of nitrogens with zero attached hydrogens (tertiary/aromatic N) is 1. The molecule has 1 rings (SSSR count). The highest BCUT2D eigenvalue weighted by Gasteiger charge is 2.40. The van der Waals surface area contributed by atoms with Gasteiger partial charge in [-0.25, -0.2) is 0 Å². The Morgan fingerprint density at radius 1 is 1.41 bits per heavy atom. The van der Waals surface area contributed by atoms with Gasteiger partial charge in [-0.2, -0.15) is 18.4 Å². The Balaban J connectivity index is 2.37. The number of halogens is 3. The highest BCUT2D eigenvalue weighted by Crippen LogP contribution is 2.30. The van der Waals surface area contributed by atoms with E-state index in [4.69, 9.17) is 10.00 Å². The number of rotatable bonds is 4. The van der Waals surface area contributed by atoms with Gasteiger partial charge < -0.3 is 4.74 Å². The predicted octanol–water partition coefficient (Wildman–Crippen LogP) is 3.67. The fourth-order valence-electron chi connectivity index (χ4n) is 2.20. The van der Waals surface area contributed by atoms with Gasteiger partial charge in [0.1, 0.15) is 0 Å². The van der Waals surface area contributed by atoms with E-state index in [9.17, 15) is 13.2 Å². The van der Waals surface area contributed by atoms with Gasteiger partial charge in [-0.3, -0.25) is 0 Å². The smallest absolute Gasteiger partial charge is 0.376 e. The van der Waals surface area contributed by atoms with Crippen molar-refractivity contribution in [3.8, 4) is 6.07 Å². The van der Waals surface area contributed by atoms with Crippen molar-refractivity contribution in [1.29, 1.82) is 5.26 Å². The average molecular weight is 249 g/mol. The molecule has 0 aromatic carbocycles. The minimum absolute atomic E-state index is 0.105. The van der Waals surface area contributed by atoms with Gasteiger partial charge in [0.15, 0.2) is 5.92 Å². The van der Waals surface area contributed by atoms with E-state index in [-0.39, 0.29) is 6.10 Å². The van der Waals surface area contributed by atoms with E-state index in [1.807, 2.05) is 0 Å². The van der Waals surface area contributed by atoms with E-state index < -0.39 is 18.7 Å². The van der Waals surface area contributed by atoms with Gasteiger partial charge in [0.2, 0.25) is 0 Å². The third-order valence-corrected chi connectivity index (χ3v) is 3.36. The Kier molecular flexibility index (Phi) is 5.26. The van der Waals surface area contributed by atoms with Gasteiger partial charge in [-0.1, -0.05) is 26.2 Å².